The number of carbonyl (C=O) groups is 1. The van der Waals surface area contributed by atoms with Crippen molar-refractivity contribution in [3.8, 4) is 0 Å². The van der Waals surface area contributed by atoms with Gasteiger partial charge in [-0.25, -0.2) is 0 Å². The summed E-state index contributed by atoms with van der Waals surface area (Å²) < 4.78 is 0. The van der Waals surface area contributed by atoms with Gasteiger partial charge in [0, 0.05) is 6.20 Å². The monoisotopic (exact) mass is 247 g/mol. The number of hydrogen-bond acceptors (Lipinski definition) is 4. The van der Waals surface area contributed by atoms with Crippen molar-refractivity contribution in [2.75, 3.05) is 19.6 Å². The van der Waals surface area contributed by atoms with Gasteiger partial charge in [-0.3, -0.25) is 4.79 Å². The number of hydrogen-bond donors (Lipinski definition) is 2. The van der Waals surface area contributed by atoms with Crippen molar-refractivity contribution in [3.63, 3.8) is 0 Å². The van der Waals surface area contributed by atoms with E-state index in [4.69, 9.17) is 5.11 Å². The summed E-state index contributed by atoms with van der Waals surface area (Å²) >= 11 is 0. The van der Waals surface area contributed by atoms with Crippen LogP contribution in [-0.4, -0.2) is 30.7 Å². The van der Waals surface area contributed by atoms with E-state index in [1.165, 1.54) is 32.1 Å². The molecule has 6 heteroatoms. The van der Waals surface area contributed by atoms with Crippen LogP contribution in [0.4, 0.5) is 0 Å². The molecule has 1 saturated heterocycles. The highest BCUT2D eigenvalue weighted by Gasteiger charge is 2.15. The van der Waals surface area contributed by atoms with Crippen LogP contribution in [0.15, 0.2) is 22.5 Å². The highest BCUT2D eigenvalue weighted by atomic mass is 35.5. The molecule has 2 aliphatic heterocycles. The maximum absolute atomic E-state index is 10.4. The zero-order valence-corrected chi connectivity index (χ0v) is 9.95. The number of rotatable bonds is 1. The molecule has 2 aliphatic rings. The third kappa shape index (κ3) is 6.53. The van der Waals surface area contributed by atoms with E-state index in [-0.39, 0.29) is 18.3 Å². The summed E-state index contributed by atoms with van der Waals surface area (Å²) in [6.07, 6.45) is 6.56. The van der Waals surface area contributed by atoms with Crippen molar-refractivity contribution in [3.05, 3.63) is 12.3 Å². The van der Waals surface area contributed by atoms with Crippen LogP contribution in [0.1, 0.15) is 19.3 Å². The van der Waals surface area contributed by atoms with E-state index < -0.39 is 5.97 Å². The minimum Gasteiger partial charge on any atom is -0.481 e. The van der Waals surface area contributed by atoms with Crippen molar-refractivity contribution in [2.45, 2.75) is 19.3 Å². The molecule has 0 bridgehead atoms. The molecule has 0 aromatic carbocycles. The molecule has 16 heavy (non-hydrogen) atoms. The summed E-state index contributed by atoms with van der Waals surface area (Å²) in [5.41, 5.74) is 0. The Balaban J connectivity index is 0.000000318. The van der Waals surface area contributed by atoms with E-state index in [9.17, 15) is 4.79 Å². The number of carboxylic acid groups (broad SMARTS) is 1. The number of carboxylic acids is 1. The molecular weight excluding hydrogens is 230 g/mol. The summed E-state index contributed by atoms with van der Waals surface area (Å²) in [4.78, 5) is 10.4. The third-order valence-electron chi connectivity index (χ3n) is 2.28. The SMILES string of the molecule is C1CCNC1.Cl.O=C(O)C1CC=CN=NC1. The first kappa shape index (κ1) is 15.1. The van der Waals surface area contributed by atoms with E-state index >= 15 is 0 Å². The second-order valence-electron chi connectivity index (χ2n) is 3.55. The van der Waals surface area contributed by atoms with Crippen LogP contribution in [-0.2, 0) is 4.79 Å². The third-order valence-corrected chi connectivity index (χ3v) is 2.28. The van der Waals surface area contributed by atoms with Gasteiger partial charge in [0.1, 0.15) is 0 Å². The smallest absolute Gasteiger partial charge is 0.308 e. The maximum atomic E-state index is 10.4. The second kappa shape index (κ2) is 9.30. The normalized spacial score (nSPS) is 22.6. The lowest BCUT2D eigenvalue weighted by molar-refractivity contribution is -0.141. The molecule has 0 radical (unpaired) electrons. The molecule has 92 valence electrons. The molecule has 0 aliphatic carbocycles. The average molecular weight is 248 g/mol. The topological polar surface area (TPSA) is 74.0 Å². The Bertz CT molecular complexity index is 231. The fourth-order valence-electron chi connectivity index (χ4n) is 1.34. The first-order chi connectivity index (χ1) is 7.30. The van der Waals surface area contributed by atoms with Gasteiger partial charge < -0.3 is 10.4 Å². The Morgan fingerprint density at radius 1 is 1.38 bits per heavy atom. The van der Waals surface area contributed by atoms with Crippen molar-refractivity contribution in [2.24, 2.45) is 16.1 Å². The molecule has 0 spiro atoms. The number of aliphatic carboxylic acids is 1. The number of allylic oxidation sites excluding steroid dienone is 1. The Morgan fingerprint density at radius 3 is 2.56 bits per heavy atom. The number of halogens is 1. The van der Waals surface area contributed by atoms with Gasteiger partial charge in [-0.2, -0.15) is 10.2 Å². The largest absolute Gasteiger partial charge is 0.481 e. The number of azo groups is 1. The van der Waals surface area contributed by atoms with Crippen LogP contribution in [0.2, 0.25) is 0 Å². The van der Waals surface area contributed by atoms with Gasteiger partial charge in [-0.1, -0.05) is 6.08 Å². The summed E-state index contributed by atoms with van der Waals surface area (Å²) in [6.45, 7) is 2.79. The number of nitrogens with one attached hydrogen (secondary N) is 1. The molecule has 1 atom stereocenters. The van der Waals surface area contributed by atoms with Crippen LogP contribution >= 0.6 is 12.4 Å². The molecular formula is C10H18ClN3O2. The van der Waals surface area contributed by atoms with Crippen LogP contribution in [0.3, 0.4) is 0 Å². The van der Waals surface area contributed by atoms with E-state index in [1.54, 1.807) is 6.08 Å². The summed E-state index contributed by atoms with van der Waals surface area (Å²) in [5.74, 6) is -1.19. The zero-order chi connectivity index (χ0) is 10.9. The van der Waals surface area contributed by atoms with Gasteiger partial charge >= 0.3 is 5.97 Å². The molecule has 0 aromatic rings. The van der Waals surface area contributed by atoms with Gasteiger partial charge in [0.2, 0.25) is 0 Å². The lowest BCUT2D eigenvalue weighted by Gasteiger charge is -2.01. The van der Waals surface area contributed by atoms with Gasteiger partial charge in [-0.15, -0.1) is 12.4 Å². The van der Waals surface area contributed by atoms with E-state index in [2.05, 4.69) is 15.5 Å². The first-order valence-electron chi connectivity index (χ1n) is 5.26. The predicted octanol–water partition coefficient (Wildman–Crippen LogP) is 1.85. The summed E-state index contributed by atoms with van der Waals surface area (Å²) in [6, 6.07) is 0. The molecule has 0 amide bonds. The molecule has 2 heterocycles. The Morgan fingerprint density at radius 2 is 2.06 bits per heavy atom. The Kier molecular flexibility index (Phi) is 8.75. The maximum Gasteiger partial charge on any atom is 0.308 e. The minimum absolute atomic E-state index is 0. The van der Waals surface area contributed by atoms with Gasteiger partial charge in [0.15, 0.2) is 0 Å². The summed E-state index contributed by atoms with van der Waals surface area (Å²) in [5, 5.41) is 19.0. The summed E-state index contributed by atoms with van der Waals surface area (Å²) in [7, 11) is 0. The molecule has 0 saturated carbocycles. The average Bonchev–Trinajstić information content (AvgIpc) is 2.67. The zero-order valence-electron chi connectivity index (χ0n) is 9.13. The fraction of sp³-hybridized carbons (Fsp3) is 0.700. The first-order valence-corrected chi connectivity index (χ1v) is 5.26. The lowest BCUT2D eigenvalue weighted by Crippen LogP contribution is -2.15. The lowest BCUT2D eigenvalue weighted by atomic mass is 10.1. The molecule has 2 rings (SSSR count). The van der Waals surface area contributed by atoms with Crippen molar-refractivity contribution >= 4 is 18.4 Å². The predicted molar refractivity (Wildman–Crippen MR) is 64.0 cm³/mol. The van der Waals surface area contributed by atoms with Crippen molar-refractivity contribution in [1.29, 1.82) is 0 Å². The van der Waals surface area contributed by atoms with E-state index in [0.29, 0.717) is 13.0 Å². The highest BCUT2D eigenvalue weighted by Crippen LogP contribution is 2.08. The van der Waals surface area contributed by atoms with Gasteiger partial charge in [-0.05, 0) is 32.4 Å². The fourth-order valence-corrected chi connectivity index (χ4v) is 1.34. The van der Waals surface area contributed by atoms with Gasteiger partial charge in [0.05, 0.1) is 12.5 Å². The van der Waals surface area contributed by atoms with E-state index in [0.717, 1.165) is 0 Å². The van der Waals surface area contributed by atoms with E-state index in [1.807, 2.05) is 0 Å². The van der Waals surface area contributed by atoms with Crippen molar-refractivity contribution in [1.82, 2.24) is 5.32 Å². The van der Waals surface area contributed by atoms with Crippen LogP contribution in [0.25, 0.3) is 0 Å². The number of nitrogens with zero attached hydrogens (tertiary/aromatic N) is 2. The Hall–Kier alpha value is -0.940. The van der Waals surface area contributed by atoms with Crippen molar-refractivity contribution < 1.29 is 9.90 Å². The Labute approximate surface area is 101 Å². The minimum atomic E-state index is -0.800. The van der Waals surface area contributed by atoms with Gasteiger partial charge in [0.25, 0.3) is 0 Å². The quantitative estimate of drug-likeness (QED) is 0.743. The molecule has 5 nitrogen and oxygen atoms in total. The second-order valence-corrected chi connectivity index (χ2v) is 3.55. The standard InChI is InChI=1S/C6H8N2O2.C4H9N.ClH/c9-6(10)5-2-1-3-7-8-4-5;1-2-4-5-3-1;/h1,3,5H,2,4H2,(H,9,10);5H,1-4H2;1H. The molecule has 1 fully saturated rings. The van der Waals surface area contributed by atoms with Crippen LogP contribution < -0.4 is 5.32 Å². The molecule has 0 aromatic heterocycles. The van der Waals surface area contributed by atoms with Crippen LogP contribution in [0, 0.1) is 5.92 Å². The molecule has 2 N–H and O–H groups in total. The van der Waals surface area contributed by atoms with Crippen LogP contribution in [0.5, 0.6) is 0 Å². The molecule has 1 unspecified atom stereocenters. The highest BCUT2D eigenvalue weighted by molar-refractivity contribution is 5.85.